The molecule has 1 aliphatic heterocycles. The van der Waals surface area contributed by atoms with Crippen molar-refractivity contribution in [2.45, 2.75) is 12.1 Å². The molecule has 1 amide bonds. The fourth-order valence-corrected chi connectivity index (χ4v) is 3.53. The van der Waals surface area contributed by atoms with Crippen molar-refractivity contribution in [3.63, 3.8) is 0 Å². The molecular formula is C18H14BrN3O4S. The number of carbonyl (C=O) groups is 1. The predicted octanol–water partition coefficient (Wildman–Crippen LogP) is 4.27. The van der Waals surface area contributed by atoms with Crippen LogP contribution < -0.4 is 14.8 Å². The molecule has 0 fully saturated rings. The lowest BCUT2D eigenvalue weighted by Crippen LogP contribution is -2.14. The summed E-state index contributed by atoms with van der Waals surface area (Å²) >= 11 is 4.58. The van der Waals surface area contributed by atoms with Crippen LogP contribution in [0.3, 0.4) is 0 Å². The van der Waals surface area contributed by atoms with Gasteiger partial charge in [-0.05, 0) is 48.9 Å². The minimum atomic E-state index is -0.145. The van der Waals surface area contributed by atoms with Crippen LogP contribution in [0.2, 0.25) is 0 Å². The molecule has 9 heteroatoms. The Morgan fingerprint density at radius 2 is 2.04 bits per heavy atom. The van der Waals surface area contributed by atoms with Gasteiger partial charge in [0.15, 0.2) is 11.5 Å². The number of halogens is 1. The van der Waals surface area contributed by atoms with Crippen molar-refractivity contribution in [2.24, 2.45) is 0 Å². The molecule has 2 heterocycles. The summed E-state index contributed by atoms with van der Waals surface area (Å²) in [5.41, 5.74) is 2.48. The minimum Gasteiger partial charge on any atom is -0.454 e. The van der Waals surface area contributed by atoms with Crippen LogP contribution >= 0.6 is 27.7 Å². The Hall–Kier alpha value is -2.52. The van der Waals surface area contributed by atoms with Crippen LogP contribution in [0.25, 0.3) is 11.5 Å². The normalized spacial score (nSPS) is 12.2. The summed E-state index contributed by atoms with van der Waals surface area (Å²) in [7, 11) is 0. The molecule has 1 aromatic heterocycles. The van der Waals surface area contributed by atoms with Crippen LogP contribution in [-0.4, -0.2) is 28.7 Å². The van der Waals surface area contributed by atoms with Gasteiger partial charge in [-0.25, -0.2) is 0 Å². The molecule has 0 bridgehead atoms. The van der Waals surface area contributed by atoms with E-state index >= 15 is 0 Å². The van der Waals surface area contributed by atoms with E-state index in [9.17, 15) is 4.79 Å². The Labute approximate surface area is 167 Å². The summed E-state index contributed by atoms with van der Waals surface area (Å²) in [4.78, 5) is 12.2. The number of hydrogen-bond acceptors (Lipinski definition) is 7. The number of benzene rings is 2. The fraction of sp³-hybridized carbons (Fsp3) is 0.167. The monoisotopic (exact) mass is 447 g/mol. The van der Waals surface area contributed by atoms with Crippen molar-refractivity contribution in [2.75, 3.05) is 17.9 Å². The van der Waals surface area contributed by atoms with Gasteiger partial charge in [-0.15, -0.1) is 10.2 Å². The lowest BCUT2D eigenvalue weighted by molar-refractivity contribution is -0.113. The highest BCUT2D eigenvalue weighted by Gasteiger charge is 2.17. The lowest BCUT2D eigenvalue weighted by Gasteiger charge is -2.07. The van der Waals surface area contributed by atoms with Crippen molar-refractivity contribution in [1.82, 2.24) is 10.2 Å². The quantitative estimate of drug-likeness (QED) is 0.584. The van der Waals surface area contributed by atoms with E-state index < -0.39 is 0 Å². The molecular weight excluding hydrogens is 434 g/mol. The van der Waals surface area contributed by atoms with Gasteiger partial charge in [0.25, 0.3) is 5.22 Å². The number of rotatable bonds is 5. The number of anilines is 1. The Kier molecular flexibility index (Phi) is 5.04. The molecule has 7 nitrogen and oxygen atoms in total. The maximum absolute atomic E-state index is 12.2. The van der Waals surface area contributed by atoms with Crippen LogP contribution in [0.1, 0.15) is 5.56 Å². The van der Waals surface area contributed by atoms with Crippen LogP contribution in [0.4, 0.5) is 5.69 Å². The van der Waals surface area contributed by atoms with Gasteiger partial charge in [-0.1, -0.05) is 27.7 Å². The third-order valence-corrected chi connectivity index (χ3v) is 5.13. The number of hydrogen-bond donors (Lipinski definition) is 1. The zero-order valence-corrected chi connectivity index (χ0v) is 16.6. The van der Waals surface area contributed by atoms with E-state index in [0.717, 1.165) is 21.3 Å². The van der Waals surface area contributed by atoms with Gasteiger partial charge in [-0.3, -0.25) is 4.79 Å². The van der Waals surface area contributed by atoms with Crippen LogP contribution in [0, 0.1) is 6.92 Å². The maximum Gasteiger partial charge on any atom is 0.277 e. The molecule has 0 saturated carbocycles. The topological polar surface area (TPSA) is 86.5 Å². The largest absolute Gasteiger partial charge is 0.454 e. The number of aryl methyl sites for hydroxylation is 1. The van der Waals surface area contributed by atoms with Crippen molar-refractivity contribution in [3.05, 3.63) is 46.4 Å². The smallest absolute Gasteiger partial charge is 0.277 e. The third-order valence-electron chi connectivity index (χ3n) is 3.82. The fourth-order valence-electron chi connectivity index (χ4n) is 2.50. The van der Waals surface area contributed by atoms with Gasteiger partial charge in [0.2, 0.25) is 18.6 Å². The van der Waals surface area contributed by atoms with Crippen LogP contribution in [-0.2, 0) is 4.79 Å². The van der Waals surface area contributed by atoms with Gasteiger partial charge in [0.1, 0.15) is 0 Å². The third kappa shape index (κ3) is 4.09. The van der Waals surface area contributed by atoms with Gasteiger partial charge >= 0.3 is 0 Å². The average Bonchev–Trinajstić information content (AvgIpc) is 3.30. The zero-order valence-electron chi connectivity index (χ0n) is 14.2. The van der Waals surface area contributed by atoms with E-state index in [4.69, 9.17) is 13.9 Å². The molecule has 1 N–H and O–H groups in total. The number of ether oxygens (including phenoxy) is 2. The summed E-state index contributed by atoms with van der Waals surface area (Å²) in [6, 6.07) is 11.1. The van der Waals surface area contributed by atoms with E-state index in [-0.39, 0.29) is 18.5 Å². The van der Waals surface area contributed by atoms with Gasteiger partial charge < -0.3 is 19.2 Å². The Morgan fingerprint density at radius 3 is 2.89 bits per heavy atom. The molecule has 0 saturated heterocycles. The molecule has 0 radical (unpaired) electrons. The SMILES string of the molecule is Cc1cc(Br)ccc1NC(=O)CSc1nnc(-c2ccc3c(c2)OCO3)o1. The number of nitrogens with one attached hydrogen (secondary N) is 1. The lowest BCUT2D eigenvalue weighted by atomic mass is 10.2. The molecule has 3 aromatic rings. The van der Waals surface area contributed by atoms with Crippen molar-refractivity contribution >= 4 is 39.3 Å². The standard InChI is InChI=1S/C18H14BrN3O4S/c1-10-6-12(19)3-4-13(10)20-16(23)8-27-18-22-21-17(26-18)11-2-5-14-15(7-11)25-9-24-14/h2-7H,8-9H2,1H3,(H,20,23). The molecule has 1 aliphatic rings. The molecule has 2 aromatic carbocycles. The van der Waals surface area contributed by atoms with Gasteiger partial charge in [-0.2, -0.15) is 0 Å². The molecule has 4 rings (SSSR count). The van der Waals surface area contributed by atoms with Crippen LogP contribution in [0.15, 0.2) is 50.5 Å². The molecule has 0 spiro atoms. The van der Waals surface area contributed by atoms with Crippen molar-refractivity contribution in [3.8, 4) is 23.0 Å². The van der Waals surface area contributed by atoms with Crippen LogP contribution in [0.5, 0.6) is 11.5 Å². The first-order valence-electron chi connectivity index (χ1n) is 8.01. The molecule has 0 aliphatic carbocycles. The number of fused-ring (bicyclic) bond motifs is 1. The number of amides is 1. The number of carbonyl (C=O) groups excluding carboxylic acids is 1. The first-order valence-corrected chi connectivity index (χ1v) is 9.79. The number of thioether (sulfide) groups is 1. The summed E-state index contributed by atoms with van der Waals surface area (Å²) in [5, 5.41) is 11.2. The first kappa shape index (κ1) is 17.9. The Balaban J connectivity index is 1.37. The molecule has 0 atom stereocenters. The second-order valence-corrected chi connectivity index (χ2v) is 7.58. The second kappa shape index (κ2) is 7.61. The molecule has 0 unspecified atom stereocenters. The maximum atomic E-state index is 12.2. The zero-order chi connectivity index (χ0) is 18.8. The highest BCUT2D eigenvalue weighted by atomic mass is 79.9. The van der Waals surface area contributed by atoms with E-state index in [1.807, 2.05) is 31.2 Å². The van der Waals surface area contributed by atoms with E-state index in [1.165, 1.54) is 11.8 Å². The summed E-state index contributed by atoms with van der Waals surface area (Å²) in [6.45, 7) is 2.14. The van der Waals surface area contributed by atoms with Crippen molar-refractivity contribution in [1.29, 1.82) is 0 Å². The second-order valence-electron chi connectivity index (χ2n) is 5.74. The average molecular weight is 448 g/mol. The Bertz CT molecular complexity index is 1010. The van der Waals surface area contributed by atoms with E-state index in [1.54, 1.807) is 12.1 Å². The van der Waals surface area contributed by atoms with Gasteiger partial charge in [0, 0.05) is 15.7 Å². The van der Waals surface area contributed by atoms with E-state index in [0.29, 0.717) is 22.6 Å². The number of nitrogens with zero attached hydrogens (tertiary/aromatic N) is 2. The highest BCUT2D eigenvalue weighted by molar-refractivity contribution is 9.10. The highest BCUT2D eigenvalue weighted by Crippen LogP contribution is 2.36. The van der Waals surface area contributed by atoms with Crippen molar-refractivity contribution < 1.29 is 18.7 Å². The minimum absolute atomic E-state index is 0.145. The summed E-state index contributed by atoms with van der Waals surface area (Å²) < 4.78 is 17.2. The Morgan fingerprint density at radius 1 is 1.19 bits per heavy atom. The predicted molar refractivity (Wildman–Crippen MR) is 104 cm³/mol. The van der Waals surface area contributed by atoms with E-state index in [2.05, 4.69) is 31.4 Å². The molecule has 138 valence electrons. The van der Waals surface area contributed by atoms with Gasteiger partial charge in [0.05, 0.1) is 5.75 Å². The number of aromatic nitrogens is 2. The first-order chi connectivity index (χ1) is 13.1. The molecule has 27 heavy (non-hydrogen) atoms. The summed E-state index contributed by atoms with van der Waals surface area (Å²) in [6.07, 6.45) is 0. The summed E-state index contributed by atoms with van der Waals surface area (Å²) in [5.74, 6) is 1.71.